The summed E-state index contributed by atoms with van der Waals surface area (Å²) in [6.07, 6.45) is 11.2. The molecule has 0 saturated heterocycles. The topological polar surface area (TPSA) is 94.0 Å². The first kappa shape index (κ1) is 25.5. The maximum absolute atomic E-state index is 12.7. The Morgan fingerprint density at radius 2 is 1.72 bits per heavy atom. The largest absolute Gasteiger partial charge is 0.376 e. The summed E-state index contributed by atoms with van der Waals surface area (Å²) in [5.74, 6) is -0.0618. The first-order chi connectivity index (χ1) is 17.5. The van der Waals surface area contributed by atoms with E-state index >= 15 is 0 Å². The molecule has 0 bridgehead atoms. The molecule has 1 saturated carbocycles. The van der Waals surface area contributed by atoms with E-state index in [1.54, 1.807) is 12.4 Å². The molecule has 0 radical (unpaired) electrons. The molecule has 7 nitrogen and oxygen atoms in total. The third-order valence-electron chi connectivity index (χ3n) is 6.95. The molecule has 0 spiro atoms. The molecule has 0 aliphatic heterocycles. The van der Waals surface area contributed by atoms with Crippen LogP contribution in [-0.4, -0.2) is 59.2 Å². The smallest absolute Gasteiger partial charge is 0.239 e. The summed E-state index contributed by atoms with van der Waals surface area (Å²) in [4.78, 5) is 23.1. The highest BCUT2D eigenvalue weighted by atomic mass is 16.1. The van der Waals surface area contributed by atoms with E-state index in [0.717, 1.165) is 23.4 Å². The van der Waals surface area contributed by atoms with Crippen LogP contribution in [0.5, 0.6) is 0 Å². The van der Waals surface area contributed by atoms with Gasteiger partial charge in [0.05, 0.1) is 12.3 Å². The number of amides is 1. The van der Waals surface area contributed by atoms with Gasteiger partial charge in [0.2, 0.25) is 5.91 Å². The number of nitrogens with zero attached hydrogens (tertiary/aromatic N) is 3. The summed E-state index contributed by atoms with van der Waals surface area (Å²) in [6.45, 7) is 3.68. The van der Waals surface area contributed by atoms with E-state index in [1.165, 1.54) is 44.0 Å². The number of hydrogen-bond donors (Lipinski definition) is 3. The quantitative estimate of drug-likeness (QED) is 0.364. The second-order valence-electron chi connectivity index (χ2n) is 9.60. The minimum atomic E-state index is -0.0618. The SMILES string of the molecule is Cc1ccc(-c2ccc(C(=N)c3cncnc3)c(NCC(=O)NCCN(C)C3CCCCC3)c2)cc1. The van der Waals surface area contributed by atoms with Crippen molar-refractivity contribution >= 4 is 17.3 Å². The Bertz CT molecular complexity index is 1160. The lowest BCUT2D eigenvalue weighted by Crippen LogP contribution is -2.40. The summed E-state index contributed by atoms with van der Waals surface area (Å²) < 4.78 is 0. The van der Waals surface area contributed by atoms with Gasteiger partial charge in [-0.3, -0.25) is 10.2 Å². The lowest BCUT2D eigenvalue weighted by molar-refractivity contribution is -0.119. The molecule has 3 aromatic rings. The Hall–Kier alpha value is -3.58. The zero-order valence-corrected chi connectivity index (χ0v) is 21.3. The lowest BCUT2D eigenvalue weighted by Gasteiger charge is -2.31. The van der Waals surface area contributed by atoms with Crippen LogP contribution in [-0.2, 0) is 4.79 Å². The van der Waals surface area contributed by atoms with E-state index in [-0.39, 0.29) is 12.5 Å². The first-order valence-corrected chi connectivity index (χ1v) is 12.8. The molecule has 36 heavy (non-hydrogen) atoms. The number of rotatable bonds is 10. The molecule has 3 N–H and O–H groups in total. The predicted molar refractivity (Wildman–Crippen MR) is 146 cm³/mol. The predicted octanol–water partition coefficient (Wildman–Crippen LogP) is 4.66. The summed E-state index contributed by atoms with van der Waals surface area (Å²) in [6, 6.07) is 14.9. The van der Waals surface area contributed by atoms with Crippen molar-refractivity contribution in [3.8, 4) is 11.1 Å². The normalized spacial score (nSPS) is 14.0. The number of nitrogens with one attached hydrogen (secondary N) is 3. The minimum absolute atomic E-state index is 0.0618. The molecule has 2 aromatic carbocycles. The van der Waals surface area contributed by atoms with Crippen LogP contribution in [0.4, 0.5) is 5.69 Å². The second kappa shape index (κ2) is 12.4. The molecule has 188 valence electrons. The summed E-state index contributed by atoms with van der Waals surface area (Å²) >= 11 is 0. The first-order valence-electron chi connectivity index (χ1n) is 12.8. The second-order valence-corrected chi connectivity index (χ2v) is 9.60. The van der Waals surface area contributed by atoms with Gasteiger partial charge in [0.15, 0.2) is 0 Å². The van der Waals surface area contributed by atoms with Gasteiger partial charge in [-0.25, -0.2) is 9.97 Å². The fraction of sp³-hybridized carbons (Fsp3) is 0.379. The highest BCUT2D eigenvalue weighted by Gasteiger charge is 2.18. The standard InChI is InChI=1S/C29H36N6O/c1-21-8-10-22(11-9-21)23-12-13-26(29(30)24-17-31-20-32-18-24)27(16-23)34-19-28(36)33-14-15-35(2)25-6-4-3-5-7-25/h8-13,16-18,20,25,30,34H,3-7,14-15,19H2,1-2H3,(H,33,36). The van der Waals surface area contributed by atoms with Gasteiger partial charge in [0.25, 0.3) is 0 Å². The fourth-order valence-corrected chi connectivity index (χ4v) is 4.73. The molecule has 0 atom stereocenters. The van der Waals surface area contributed by atoms with Crippen molar-refractivity contribution in [2.24, 2.45) is 0 Å². The van der Waals surface area contributed by atoms with Crippen LogP contribution in [0.25, 0.3) is 11.1 Å². The Balaban J connectivity index is 1.43. The van der Waals surface area contributed by atoms with Crippen molar-refractivity contribution in [3.63, 3.8) is 0 Å². The molecular weight excluding hydrogens is 448 g/mol. The van der Waals surface area contributed by atoms with Gasteiger partial charge in [0, 0.05) is 48.3 Å². The van der Waals surface area contributed by atoms with Crippen LogP contribution >= 0.6 is 0 Å². The Morgan fingerprint density at radius 1 is 1.03 bits per heavy atom. The van der Waals surface area contributed by atoms with E-state index in [0.29, 0.717) is 29.4 Å². The number of benzene rings is 2. The molecule has 1 fully saturated rings. The zero-order chi connectivity index (χ0) is 25.3. The van der Waals surface area contributed by atoms with Gasteiger partial charge in [-0.1, -0.05) is 61.2 Å². The molecule has 0 unspecified atom stereocenters. The number of likely N-dealkylation sites (N-methyl/N-ethyl adjacent to an activating group) is 1. The molecule has 1 aromatic heterocycles. The molecule has 1 aliphatic rings. The average Bonchev–Trinajstić information content (AvgIpc) is 2.92. The van der Waals surface area contributed by atoms with Crippen LogP contribution in [0.2, 0.25) is 0 Å². The number of carbonyl (C=O) groups excluding carboxylic acids is 1. The van der Waals surface area contributed by atoms with Gasteiger partial charge in [-0.15, -0.1) is 0 Å². The number of carbonyl (C=O) groups is 1. The maximum atomic E-state index is 12.7. The van der Waals surface area contributed by atoms with Crippen molar-refractivity contribution < 1.29 is 4.79 Å². The van der Waals surface area contributed by atoms with Crippen molar-refractivity contribution in [1.29, 1.82) is 5.41 Å². The Labute approximate surface area is 213 Å². The maximum Gasteiger partial charge on any atom is 0.239 e. The van der Waals surface area contributed by atoms with E-state index in [1.807, 2.05) is 18.2 Å². The third-order valence-corrected chi connectivity index (χ3v) is 6.95. The van der Waals surface area contributed by atoms with E-state index < -0.39 is 0 Å². The van der Waals surface area contributed by atoms with Crippen LogP contribution < -0.4 is 10.6 Å². The van der Waals surface area contributed by atoms with E-state index in [2.05, 4.69) is 63.7 Å². The van der Waals surface area contributed by atoms with Gasteiger partial charge >= 0.3 is 0 Å². The van der Waals surface area contributed by atoms with Gasteiger partial charge in [-0.05, 0) is 44.0 Å². The molecule has 1 heterocycles. The van der Waals surface area contributed by atoms with Crippen molar-refractivity contribution in [2.75, 3.05) is 32.0 Å². The fourth-order valence-electron chi connectivity index (χ4n) is 4.73. The van der Waals surface area contributed by atoms with Gasteiger partial charge in [-0.2, -0.15) is 0 Å². The monoisotopic (exact) mass is 484 g/mol. The number of anilines is 1. The minimum Gasteiger partial charge on any atom is -0.376 e. The van der Waals surface area contributed by atoms with Crippen molar-refractivity contribution in [2.45, 2.75) is 45.1 Å². The number of aromatic nitrogens is 2. The van der Waals surface area contributed by atoms with Crippen molar-refractivity contribution in [3.05, 3.63) is 77.9 Å². The molecule has 4 rings (SSSR count). The summed E-state index contributed by atoms with van der Waals surface area (Å²) in [5.41, 5.74) is 5.67. The van der Waals surface area contributed by atoms with Crippen LogP contribution in [0.15, 0.2) is 61.2 Å². The highest BCUT2D eigenvalue weighted by molar-refractivity contribution is 6.14. The third kappa shape index (κ3) is 6.76. The van der Waals surface area contributed by atoms with Gasteiger partial charge < -0.3 is 15.5 Å². The number of aryl methyl sites for hydroxylation is 1. The molecule has 1 amide bonds. The Morgan fingerprint density at radius 3 is 2.44 bits per heavy atom. The summed E-state index contributed by atoms with van der Waals surface area (Å²) in [7, 11) is 2.15. The van der Waals surface area contributed by atoms with Crippen LogP contribution in [0.1, 0.15) is 48.8 Å². The lowest BCUT2D eigenvalue weighted by atomic mass is 9.94. The average molecular weight is 485 g/mol. The zero-order valence-electron chi connectivity index (χ0n) is 21.3. The van der Waals surface area contributed by atoms with Crippen LogP contribution in [0, 0.1) is 12.3 Å². The highest BCUT2D eigenvalue weighted by Crippen LogP contribution is 2.28. The Kier molecular flexibility index (Phi) is 8.79. The molecule has 7 heteroatoms. The van der Waals surface area contributed by atoms with Crippen molar-refractivity contribution in [1.82, 2.24) is 20.2 Å². The van der Waals surface area contributed by atoms with Crippen LogP contribution in [0.3, 0.4) is 0 Å². The summed E-state index contributed by atoms with van der Waals surface area (Å²) in [5, 5.41) is 15.0. The van der Waals surface area contributed by atoms with E-state index in [9.17, 15) is 4.79 Å². The van der Waals surface area contributed by atoms with Gasteiger partial charge in [0.1, 0.15) is 6.33 Å². The van der Waals surface area contributed by atoms with E-state index in [4.69, 9.17) is 5.41 Å². The molecule has 1 aliphatic carbocycles. The molecular formula is C29H36N6O. The number of hydrogen-bond acceptors (Lipinski definition) is 6.